The molecule has 0 radical (unpaired) electrons. The number of nitrogens with zero attached hydrogens (tertiary/aromatic N) is 4. The van der Waals surface area contributed by atoms with Crippen LogP contribution in [0.1, 0.15) is 5.56 Å². The van der Waals surface area contributed by atoms with Crippen molar-refractivity contribution in [1.82, 2.24) is 0 Å². The molecule has 8 nitrogen and oxygen atoms in total. The number of ether oxygens (including phenoxy) is 1. The van der Waals surface area contributed by atoms with Crippen LogP contribution >= 0.6 is 23.4 Å². The molecule has 1 fully saturated rings. The first-order valence-electron chi connectivity index (χ1n) is 6.54. The summed E-state index contributed by atoms with van der Waals surface area (Å²) in [5.74, 6) is 0. The third kappa shape index (κ3) is 3.88. The van der Waals surface area contributed by atoms with E-state index in [-0.39, 0.29) is 0 Å². The van der Waals surface area contributed by atoms with E-state index in [0.717, 1.165) is 11.8 Å². The van der Waals surface area contributed by atoms with E-state index in [0.29, 0.717) is 15.5 Å². The highest BCUT2D eigenvalue weighted by atomic mass is 35.5. The van der Waals surface area contributed by atoms with Crippen LogP contribution in [0.5, 0.6) is 0 Å². The molecular formula is C13H13ClN4O4S. The minimum Gasteiger partial charge on any atom is -0.394 e. The number of aliphatic hydroxyl groups is 3. The molecule has 2 rings (SSSR count). The van der Waals surface area contributed by atoms with Gasteiger partial charge in [-0.1, -0.05) is 28.5 Å². The first-order valence-corrected chi connectivity index (χ1v) is 7.80. The molecule has 0 aromatic heterocycles. The fourth-order valence-electron chi connectivity index (χ4n) is 2.17. The number of hydrogen-bond acceptors (Lipinski definition) is 7. The van der Waals surface area contributed by atoms with Crippen molar-refractivity contribution in [2.45, 2.75) is 34.7 Å². The van der Waals surface area contributed by atoms with Crippen molar-refractivity contribution in [3.8, 4) is 6.07 Å². The summed E-state index contributed by atoms with van der Waals surface area (Å²) < 4.78 is 5.46. The summed E-state index contributed by atoms with van der Waals surface area (Å²) in [4.78, 5) is 3.07. The summed E-state index contributed by atoms with van der Waals surface area (Å²) in [6.07, 6.45) is -3.67. The molecule has 5 atom stereocenters. The second-order valence-electron chi connectivity index (χ2n) is 4.77. The van der Waals surface area contributed by atoms with Crippen molar-refractivity contribution in [3.63, 3.8) is 0 Å². The van der Waals surface area contributed by atoms with E-state index in [1.807, 2.05) is 6.07 Å². The van der Waals surface area contributed by atoms with E-state index in [2.05, 4.69) is 10.0 Å². The number of nitriles is 1. The van der Waals surface area contributed by atoms with Gasteiger partial charge in [-0.15, -0.1) is 0 Å². The van der Waals surface area contributed by atoms with Gasteiger partial charge in [0.2, 0.25) is 0 Å². The van der Waals surface area contributed by atoms with Crippen molar-refractivity contribution < 1.29 is 20.1 Å². The second-order valence-corrected chi connectivity index (χ2v) is 6.35. The first-order chi connectivity index (χ1) is 11.0. The largest absolute Gasteiger partial charge is 0.394 e. The molecule has 0 saturated carbocycles. The Kier molecular flexibility index (Phi) is 6.10. The zero-order valence-corrected chi connectivity index (χ0v) is 13.2. The van der Waals surface area contributed by atoms with Crippen molar-refractivity contribution in [2.24, 2.45) is 5.11 Å². The standard InChI is InChI=1S/C13H13ClN4O4S/c14-7-2-1-6(4-15)9(3-7)23-13-12(21)10(17-18-16)11(20)8(5-19)22-13/h1-3,8,10-13,19-21H,5H2/t8?,10?,11-,12?,13+/m0/s1. The van der Waals surface area contributed by atoms with Gasteiger partial charge < -0.3 is 20.1 Å². The Hall–Kier alpha value is -1.50. The van der Waals surface area contributed by atoms with Crippen molar-refractivity contribution in [3.05, 3.63) is 39.2 Å². The van der Waals surface area contributed by atoms with Gasteiger partial charge in [-0.3, -0.25) is 0 Å². The SMILES string of the molecule is N#Cc1ccc(Cl)cc1S[C@H]1OC(CO)[C@H](O)C(N=[N+]=[N-])C1O. The minimum atomic E-state index is -1.34. The molecule has 10 heteroatoms. The summed E-state index contributed by atoms with van der Waals surface area (Å²) in [7, 11) is 0. The number of azide groups is 1. The van der Waals surface area contributed by atoms with Gasteiger partial charge in [-0.25, -0.2) is 0 Å². The number of aliphatic hydroxyl groups excluding tert-OH is 3. The second kappa shape index (κ2) is 7.86. The maximum atomic E-state index is 10.3. The zero-order valence-electron chi connectivity index (χ0n) is 11.7. The lowest BCUT2D eigenvalue weighted by atomic mass is 9.98. The average Bonchev–Trinajstić information content (AvgIpc) is 2.54. The highest BCUT2D eigenvalue weighted by Gasteiger charge is 2.44. The molecule has 1 aliphatic rings. The molecule has 0 spiro atoms. The average molecular weight is 357 g/mol. The lowest BCUT2D eigenvalue weighted by Crippen LogP contribution is -2.56. The van der Waals surface area contributed by atoms with E-state index in [1.54, 1.807) is 12.1 Å². The molecule has 3 N–H and O–H groups in total. The highest BCUT2D eigenvalue weighted by Crippen LogP contribution is 2.36. The maximum absolute atomic E-state index is 10.3. The minimum absolute atomic E-state index is 0.335. The topological polar surface area (TPSA) is 142 Å². The lowest BCUT2D eigenvalue weighted by Gasteiger charge is -2.40. The number of benzene rings is 1. The predicted octanol–water partition coefficient (Wildman–Crippen LogP) is 1.42. The van der Waals surface area contributed by atoms with Crippen molar-refractivity contribution >= 4 is 23.4 Å². The summed E-state index contributed by atoms with van der Waals surface area (Å²) in [6.45, 7) is -0.511. The molecule has 1 heterocycles. The molecule has 0 bridgehead atoms. The number of thioether (sulfide) groups is 1. The molecule has 1 aromatic carbocycles. The van der Waals surface area contributed by atoms with E-state index in [4.69, 9.17) is 27.1 Å². The Balaban J connectivity index is 2.30. The number of hydrogen-bond donors (Lipinski definition) is 3. The number of rotatable bonds is 4. The van der Waals surface area contributed by atoms with Crippen molar-refractivity contribution in [2.75, 3.05) is 6.61 Å². The third-order valence-electron chi connectivity index (χ3n) is 3.34. The fourth-order valence-corrected chi connectivity index (χ4v) is 3.59. The van der Waals surface area contributed by atoms with E-state index in [9.17, 15) is 15.3 Å². The van der Waals surface area contributed by atoms with Crippen LogP contribution in [0.25, 0.3) is 10.4 Å². The van der Waals surface area contributed by atoms with Crippen LogP contribution in [0.15, 0.2) is 28.2 Å². The number of halogens is 1. The van der Waals surface area contributed by atoms with Crippen LogP contribution in [0.3, 0.4) is 0 Å². The highest BCUT2D eigenvalue weighted by molar-refractivity contribution is 7.99. The van der Waals surface area contributed by atoms with Crippen LogP contribution < -0.4 is 0 Å². The van der Waals surface area contributed by atoms with E-state index in [1.165, 1.54) is 6.07 Å². The van der Waals surface area contributed by atoms with Gasteiger partial charge in [-0.2, -0.15) is 5.26 Å². The summed E-state index contributed by atoms with van der Waals surface area (Å²) in [5.41, 5.74) is 7.96. The Morgan fingerprint density at radius 2 is 2.17 bits per heavy atom. The quantitative estimate of drug-likeness (QED) is 0.423. The van der Waals surface area contributed by atoms with Crippen molar-refractivity contribution in [1.29, 1.82) is 5.26 Å². The van der Waals surface area contributed by atoms with Gasteiger partial charge >= 0.3 is 0 Å². The van der Waals surface area contributed by atoms with Crippen LogP contribution in [0.4, 0.5) is 0 Å². The Morgan fingerprint density at radius 3 is 2.78 bits per heavy atom. The Morgan fingerprint density at radius 1 is 1.43 bits per heavy atom. The van der Waals surface area contributed by atoms with Crippen LogP contribution in [0, 0.1) is 11.3 Å². The molecule has 0 amide bonds. The van der Waals surface area contributed by atoms with Gasteiger partial charge in [0, 0.05) is 14.8 Å². The molecule has 1 aromatic rings. The maximum Gasteiger partial charge on any atom is 0.134 e. The Labute approximate surface area is 140 Å². The molecule has 0 aliphatic carbocycles. The molecule has 3 unspecified atom stereocenters. The van der Waals surface area contributed by atoms with E-state index < -0.39 is 36.4 Å². The summed E-state index contributed by atoms with van der Waals surface area (Å²) in [5, 5.41) is 42.4. The summed E-state index contributed by atoms with van der Waals surface area (Å²) in [6, 6.07) is 5.46. The molecule has 1 saturated heterocycles. The third-order valence-corrected chi connectivity index (χ3v) is 4.79. The van der Waals surface area contributed by atoms with Gasteiger partial charge in [0.15, 0.2) is 0 Å². The molecular weight excluding hydrogens is 344 g/mol. The van der Waals surface area contributed by atoms with Crippen LogP contribution in [0.2, 0.25) is 5.02 Å². The lowest BCUT2D eigenvalue weighted by molar-refractivity contribution is -0.159. The van der Waals surface area contributed by atoms with Gasteiger partial charge in [0.25, 0.3) is 0 Å². The predicted molar refractivity (Wildman–Crippen MR) is 82.7 cm³/mol. The van der Waals surface area contributed by atoms with E-state index >= 15 is 0 Å². The Bertz CT molecular complexity index is 664. The van der Waals surface area contributed by atoms with Gasteiger partial charge in [-0.05, 0) is 23.7 Å². The summed E-state index contributed by atoms with van der Waals surface area (Å²) >= 11 is 6.92. The molecule has 1 aliphatic heterocycles. The molecule has 23 heavy (non-hydrogen) atoms. The fraction of sp³-hybridized carbons (Fsp3) is 0.462. The normalized spacial score (nSPS) is 30.3. The van der Waals surface area contributed by atoms with Gasteiger partial charge in [0.05, 0.1) is 24.3 Å². The smallest absolute Gasteiger partial charge is 0.134 e. The molecule has 122 valence electrons. The monoisotopic (exact) mass is 356 g/mol. The first kappa shape index (κ1) is 17.8. The van der Waals surface area contributed by atoms with Crippen LogP contribution in [-0.2, 0) is 4.74 Å². The van der Waals surface area contributed by atoms with Crippen LogP contribution in [-0.4, -0.2) is 51.7 Å². The zero-order chi connectivity index (χ0) is 17.0. The van der Waals surface area contributed by atoms with Gasteiger partial charge in [0.1, 0.15) is 23.7 Å².